The molecule has 1 heterocycles. The summed E-state index contributed by atoms with van der Waals surface area (Å²) in [6.45, 7) is 0.832. The van der Waals surface area contributed by atoms with E-state index in [1.807, 2.05) is 24.4 Å². The number of hydrogen-bond donors (Lipinski definition) is 0. The lowest BCUT2D eigenvalue weighted by molar-refractivity contribution is 0.284. The molecule has 0 aliphatic heterocycles. The van der Waals surface area contributed by atoms with Gasteiger partial charge in [-0.2, -0.15) is 0 Å². The Labute approximate surface area is 127 Å². The predicted octanol–water partition coefficient (Wildman–Crippen LogP) is 5.36. The largest absolute Gasteiger partial charge is 0.494 e. The van der Waals surface area contributed by atoms with Gasteiger partial charge < -0.3 is 4.74 Å². The number of unbranched alkanes of at least 4 members (excludes halogenated alkanes) is 1. The molecule has 2 nitrogen and oxygen atoms in total. The van der Waals surface area contributed by atoms with Crippen LogP contribution in [0.3, 0.4) is 0 Å². The third-order valence-corrected chi connectivity index (χ3v) is 4.57. The summed E-state index contributed by atoms with van der Waals surface area (Å²) in [5, 5.41) is 1.15. The van der Waals surface area contributed by atoms with Gasteiger partial charge >= 0.3 is 0 Å². The Morgan fingerprint density at radius 2 is 1.95 bits per heavy atom. The molecule has 0 N–H and O–H groups in total. The normalized spacial score (nSPS) is 16.2. The Morgan fingerprint density at radius 3 is 2.86 bits per heavy atom. The van der Waals surface area contributed by atoms with E-state index in [-0.39, 0.29) is 0 Å². The predicted molar refractivity (Wildman–Crippen MR) is 87.7 cm³/mol. The maximum Gasteiger partial charge on any atom is 0.120 e. The standard InChI is InChI=1S/C19H25NO/c1-2-7-16(8-3-1)9-4-5-14-21-18-11-12-19-17(15-18)10-6-13-20-19/h6,10-13,15-16H,1-5,7-9,14H2. The van der Waals surface area contributed by atoms with Crippen LogP contribution < -0.4 is 4.74 Å². The van der Waals surface area contributed by atoms with Gasteiger partial charge in [0.2, 0.25) is 0 Å². The second-order valence-electron chi connectivity index (χ2n) is 6.21. The summed E-state index contributed by atoms with van der Waals surface area (Å²) >= 11 is 0. The number of nitrogens with zero attached hydrogens (tertiary/aromatic N) is 1. The molecule has 21 heavy (non-hydrogen) atoms. The molecule has 0 spiro atoms. The second-order valence-corrected chi connectivity index (χ2v) is 6.21. The van der Waals surface area contributed by atoms with Crippen LogP contribution in [0, 0.1) is 5.92 Å². The van der Waals surface area contributed by atoms with E-state index in [9.17, 15) is 0 Å². The summed E-state index contributed by atoms with van der Waals surface area (Å²) in [7, 11) is 0. The summed E-state index contributed by atoms with van der Waals surface area (Å²) in [5.74, 6) is 1.96. The van der Waals surface area contributed by atoms with Crippen LogP contribution in [0.2, 0.25) is 0 Å². The van der Waals surface area contributed by atoms with E-state index >= 15 is 0 Å². The molecule has 112 valence electrons. The zero-order valence-corrected chi connectivity index (χ0v) is 12.8. The van der Waals surface area contributed by atoms with Gasteiger partial charge in [0.05, 0.1) is 12.1 Å². The number of hydrogen-bond acceptors (Lipinski definition) is 2. The highest BCUT2D eigenvalue weighted by atomic mass is 16.5. The van der Waals surface area contributed by atoms with Crippen molar-refractivity contribution < 1.29 is 4.74 Å². The Morgan fingerprint density at radius 1 is 1.05 bits per heavy atom. The van der Waals surface area contributed by atoms with E-state index in [0.717, 1.165) is 29.2 Å². The second kappa shape index (κ2) is 7.44. The SMILES string of the molecule is c1cnc2ccc(OCCCCC3CCCCC3)cc2c1. The summed E-state index contributed by atoms with van der Waals surface area (Å²) in [6, 6.07) is 10.2. The molecular formula is C19H25NO. The number of ether oxygens (including phenoxy) is 1. The van der Waals surface area contributed by atoms with Crippen LogP contribution in [-0.4, -0.2) is 11.6 Å². The Kier molecular flexibility index (Phi) is 5.09. The average Bonchev–Trinajstić information content (AvgIpc) is 2.55. The molecule has 2 aromatic rings. The highest BCUT2D eigenvalue weighted by molar-refractivity contribution is 5.79. The van der Waals surface area contributed by atoms with Crippen molar-refractivity contribution >= 4 is 10.9 Å². The van der Waals surface area contributed by atoms with E-state index in [0.29, 0.717) is 0 Å². The fraction of sp³-hybridized carbons (Fsp3) is 0.526. The molecular weight excluding hydrogens is 258 g/mol. The van der Waals surface area contributed by atoms with Gasteiger partial charge in [0.1, 0.15) is 5.75 Å². The van der Waals surface area contributed by atoms with Crippen LogP contribution in [0.1, 0.15) is 51.4 Å². The first kappa shape index (κ1) is 14.4. The van der Waals surface area contributed by atoms with Gasteiger partial charge in [-0.3, -0.25) is 4.98 Å². The molecule has 1 aromatic heterocycles. The van der Waals surface area contributed by atoms with Gasteiger partial charge in [-0.05, 0) is 43.0 Å². The van der Waals surface area contributed by atoms with Crippen molar-refractivity contribution in [3.05, 3.63) is 36.5 Å². The van der Waals surface area contributed by atoms with Crippen molar-refractivity contribution in [3.8, 4) is 5.75 Å². The monoisotopic (exact) mass is 283 g/mol. The summed E-state index contributed by atoms with van der Waals surface area (Å²) < 4.78 is 5.88. The maximum atomic E-state index is 5.88. The van der Waals surface area contributed by atoms with Gasteiger partial charge in [-0.15, -0.1) is 0 Å². The van der Waals surface area contributed by atoms with E-state index in [1.165, 1.54) is 51.4 Å². The van der Waals surface area contributed by atoms with Crippen molar-refractivity contribution in [1.82, 2.24) is 4.98 Å². The van der Waals surface area contributed by atoms with Crippen LogP contribution >= 0.6 is 0 Å². The highest BCUT2D eigenvalue weighted by Gasteiger charge is 2.12. The quantitative estimate of drug-likeness (QED) is 0.665. The lowest BCUT2D eigenvalue weighted by atomic mass is 9.86. The summed E-state index contributed by atoms with van der Waals surface area (Å²) in [6.07, 6.45) is 13.0. The number of rotatable bonds is 6. The molecule has 0 saturated heterocycles. The van der Waals surface area contributed by atoms with Crippen molar-refractivity contribution in [2.75, 3.05) is 6.61 Å². The van der Waals surface area contributed by atoms with Crippen LogP contribution in [-0.2, 0) is 0 Å². The number of aromatic nitrogens is 1. The Bertz CT molecular complexity index is 560. The van der Waals surface area contributed by atoms with Gasteiger partial charge in [0.15, 0.2) is 0 Å². The molecule has 0 amide bonds. The third-order valence-electron chi connectivity index (χ3n) is 4.57. The highest BCUT2D eigenvalue weighted by Crippen LogP contribution is 2.27. The average molecular weight is 283 g/mol. The fourth-order valence-electron chi connectivity index (χ4n) is 3.34. The zero-order chi connectivity index (χ0) is 14.3. The molecule has 3 rings (SSSR count). The first-order valence-electron chi connectivity index (χ1n) is 8.39. The van der Waals surface area contributed by atoms with Crippen molar-refractivity contribution in [2.45, 2.75) is 51.4 Å². The molecule has 0 radical (unpaired) electrons. The molecule has 0 atom stereocenters. The van der Waals surface area contributed by atoms with Crippen molar-refractivity contribution in [1.29, 1.82) is 0 Å². The summed E-state index contributed by atoms with van der Waals surface area (Å²) in [5.41, 5.74) is 1.03. The minimum atomic E-state index is 0.832. The Balaban J connectivity index is 1.39. The van der Waals surface area contributed by atoms with Crippen LogP contribution in [0.4, 0.5) is 0 Å². The minimum absolute atomic E-state index is 0.832. The molecule has 1 aliphatic carbocycles. The first-order valence-corrected chi connectivity index (χ1v) is 8.39. The van der Waals surface area contributed by atoms with E-state index in [4.69, 9.17) is 4.74 Å². The van der Waals surface area contributed by atoms with Gasteiger partial charge in [-0.25, -0.2) is 0 Å². The van der Waals surface area contributed by atoms with Crippen LogP contribution in [0.15, 0.2) is 36.5 Å². The van der Waals surface area contributed by atoms with E-state index in [1.54, 1.807) is 0 Å². The van der Waals surface area contributed by atoms with E-state index in [2.05, 4.69) is 17.1 Å². The smallest absolute Gasteiger partial charge is 0.120 e. The van der Waals surface area contributed by atoms with E-state index < -0.39 is 0 Å². The summed E-state index contributed by atoms with van der Waals surface area (Å²) in [4.78, 5) is 4.33. The van der Waals surface area contributed by atoms with Crippen LogP contribution in [0.25, 0.3) is 10.9 Å². The molecule has 0 bridgehead atoms. The lowest BCUT2D eigenvalue weighted by Gasteiger charge is -2.21. The molecule has 1 fully saturated rings. The van der Waals surface area contributed by atoms with Crippen molar-refractivity contribution in [3.63, 3.8) is 0 Å². The van der Waals surface area contributed by atoms with Gasteiger partial charge in [0, 0.05) is 11.6 Å². The topological polar surface area (TPSA) is 22.1 Å². The zero-order valence-electron chi connectivity index (χ0n) is 12.8. The molecule has 2 heteroatoms. The minimum Gasteiger partial charge on any atom is -0.494 e. The first-order chi connectivity index (χ1) is 10.4. The number of fused-ring (bicyclic) bond motifs is 1. The Hall–Kier alpha value is -1.57. The molecule has 1 saturated carbocycles. The third kappa shape index (κ3) is 4.20. The number of benzene rings is 1. The fourth-order valence-corrected chi connectivity index (χ4v) is 3.34. The molecule has 1 aliphatic rings. The maximum absolute atomic E-state index is 5.88. The van der Waals surface area contributed by atoms with Gasteiger partial charge in [0.25, 0.3) is 0 Å². The van der Waals surface area contributed by atoms with Gasteiger partial charge in [-0.1, -0.05) is 44.6 Å². The number of pyridine rings is 1. The molecule has 0 unspecified atom stereocenters. The van der Waals surface area contributed by atoms with Crippen LogP contribution in [0.5, 0.6) is 5.75 Å². The van der Waals surface area contributed by atoms with Crippen molar-refractivity contribution in [2.24, 2.45) is 5.92 Å². The lowest BCUT2D eigenvalue weighted by Crippen LogP contribution is -2.06. The molecule has 1 aromatic carbocycles.